The Morgan fingerprint density at radius 3 is 1.86 bits per heavy atom. The number of nitrogens with two attached hydrogens (primary N) is 1. The van der Waals surface area contributed by atoms with Gasteiger partial charge in [-0.2, -0.15) is 13.2 Å². The second-order valence-corrected chi connectivity index (χ2v) is 1.84. The standard InChI is InChI=1S/C2H4F3NS/c3-2(4,5)7-1-6/h1,6H2. The van der Waals surface area contributed by atoms with E-state index in [0.717, 1.165) is 0 Å². The maximum Gasteiger partial charge on any atom is 0.443 e. The third-order valence-corrected chi connectivity index (χ3v) is 0.741. The molecule has 44 valence electrons. The Morgan fingerprint density at radius 1 is 1.43 bits per heavy atom. The smallest absolute Gasteiger partial charge is 0.322 e. The first-order chi connectivity index (χ1) is 3.06. The van der Waals surface area contributed by atoms with Gasteiger partial charge in [-0.25, -0.2) is 0 Å². The monoisotopic (exact) mass is 131 g/mol. The molecule has 0 aliphatic carbocycles. The molecule has 0 atom stereocenters. The van der Waals surface area contributed by atoms with E-state index in [1.165, 1.54) is 0 Å². The number of rotatable bonds is 1. The van der Waals surface area contributed by atoms with Crippen LogP contribution in [0.2, 0.25) is 0 Å². The predicted octanol–water partition coefficient (Wildman–Crippen LogP) is 1.16. The van der Waals surface area contributed by atoms with Crippen LogP contribution >= 0.6 is 11.8 Å². The van der Waals surface area contributed by atoms with Gasteiger partial charge in [-0.05, 0) is 11.8 Å². The third kappa shape index (κ3) is 6.10. The van der Waals surface area contributed by atoms with E-state index in [1.54, 1.807) is 0 Å². The van der Waals surface area contributed by atoms with Crippen LogP contribution < -0.4 is 5.73 Å². The SMILES string of the molecule is NCSC(F)(F)F. The molecule has 0 saturated carbocycles. The summed E-state index contributed by atoms with van der Waals surface area (Å²) in [7, 11) is 0. The summed E-state index contributed by atoms with van der Waals surface area (Å²) in [5.41, 5.74) is 0.400. The van der Waals surface area contributed by atoms with E-state index in [-0.39, 0.29) is 11.8 Å². The Morgan fingerprint density at radius 2 is 1.86 bits per heavy atom. The largest absolute Gasteiger partial charge is 0.443 e. The van der Waals surface area contributed by atoms with Crippen molar-refractivity contribution in [2.75, 3.05) is 5.88 Å². The van der Waals surface area contributed by atoms with Gasteiger partial charge in [0.1, 0.15) is 0 Å². The van der Waals surface area contributed by atoms with Crippen molar-refractivity contribution in [2.45, 2.75) is 5.51 Å². The molecule has 7 heavy (non-hydrogen) atoms. The number of alkyl halides is 3. The second-order valence-electron chi connectivity index (χ2n) is 0.757. The Hall–Kier alpha value is 0.100. The van der Waals surface area contributed by atoms with Crippen LogP contribution in [0.1, 0.15) is 0 Å². The summed E-state index contributed by atoms with van der Waals surface area (Å²) in [5.74, 6) is -0.399. The average molecular weight is 131 g/mol. The highest BCUT2D eigenvalue weighted by Gasteiger charge is 2.26. The summed E-state index contributed by atoms with van der Waals surface area (Å²) < 4.78 is 32.8. The van der Waals surface area contributed by atoms with Crippen LogP contribution in [0.5, 0.6) is 0 Å². The zero-order valence-corrected chi connectivity index (χ0v) is 4.14. The second kappa shape index (κ2) is 2.42. The van der Waals surface area contributed by atoms with Gasteiger partial charge in [0.05, 0.1) is 0 Å². The fourth-order valence-electron chi connectivity index (χ4n) is 0.0945. The van der Waals surface area contributed by atoms with Crippen molar-refractivity contribution < 1.29 is 13.2 Å². The van der Waals surface area contributed by atoms with E-state index in [4.69, 9.17) is 0 Å². The van der Waals surface area contributed by atoms with Crippen molar-refractivity contribution in [3.05, 3.63) is 0 Å². The lowest BCUT2D eigenvalue weighted by molar-refractivity contribution is -0.0327. The lowest BCUT2D eigenvalue weighted by Crippen LogP contribution is -2.05. The Kier molecular flexibility index (Phi) is 2.45. The molecule has 0 aliphatic rings. The summed E-state index contributed by atoms with van der Waals surface area (Å²) in [6, 6.07) is 0. The number of thioether (sulfide) groups is 1. The molecule has 0 saturated heterocycles. The summed E-state index contributed by atoms with van der Waals surface area (Å²) in [6.07, 6.45) is 0. The van der Waals surface area contributed by atoms with Gasteiger partial charge in [0.25, 0.3) is 0 Å². The van der Waals surface area contributed by atoms with Gasteiger partial charge >= 0.3 is 5.51 Å². The molecule has 0 aromatic heterocycles. The molecule has 0 fully saturated rings. The van der Waals surface area contributed by atoms with Crippen LogP contribution in [0.15, 0.2) is 0 Å². The predicted molar refractivity (Wildman–Crippen MR) is 22.7 cm³/mol. The van der Waals surface area contributed by atoms with Crippen LogP contribution in [-0.4, -0.2) is 11.4 Å². The summed E-state index contributed by atoms with van der Waals surface area (Å²) >= 11 is -0.234. The number of hydrogen-bond donors (Lipinski definition) is 1. The molecule has 0 amide bonds. The van der Waals surface area contributed by atoms with Crippen molar-refractivity contribution in [3.8, 4) is 0 Å². The van der Waals surface area contributed by atoms with Gasteiger partial charge in [-0.1, -0.05) is 0 Å². The maximum atomic E-state index is 10.9. The molecule has 5 heteroatoms. The van der Waals surface area contributed by atoms with Crippen LogP contribution in [0.4, 0.5) is 13.2 Å². The molecule has 1 nitrogen and oxygen atoms in total. The first-order valence-corrected chi connectivity index (χ1v) is 2.45. The third-order valence-electron chi connectivity index (χ3n) is 0.247. The Labute approximate surface area is 43.1 Å². The van der Waals surface area contributed by atoms with E-state index < -0.39 is 11.4 Å². The zero-order chi connectivity index (χ0) is 5.91. The molecule has 0 radical (unpaired) electrons. The van der Waals surface area contributed by atoms with Gasteiger partial charge in [0.2, 0.25) is 0 Å². The highest BCUT2D eigenvalue weighted by molar-refractivity contribution is 8.00. The van der Waals surface area contributed by atoms with Crippen molar-refractivity contribution in [1.29, 1.82) is 0 Å². The summed E-state index contributed by atoms with van der Waals surface area (Å²) in [4.78, 5) is 0. The van der Waals surface area contributed by atoms with E-state index in [0.29, 0.717) is 0 Å². The molecule has 0 aliphatic heterocycles. The minimum absolute atomic E-state index is 0.234. The van der Waals surface area contributed by atoms with Crippen molar-refractivity contribution in [3.63, 3.8) is 0 Å². The van der Waals surface area contributed by atoms with Crippen LogP contribution in [-0.2, 0) is 0 Å². The summed E-state index contributed by atoms with van der Waals surface area (Å²) in [6.45, 7) is 0. The first kappa shape index (κ1) is 7.10. The topological polar surface area (TPSA) is 26.0 Å². The number of hydrogen-bond acceptors (Lipinski definition) is 2. The average Bonchev–Trinajstić information content (AvgIpc) is 1.30. The van der Waals surface area contributed by atoms with E-state index in [1.807, 2.05) is 0 Å². The van der Waals surface area contributed by atoms with Gasteiger partial charge in [-0.15, -0.1) is 0 Å². The minimum Gasteiger partial charge on any atom is -0.322 e. The fourth-order valence-corrected chi connectivity index (χ4v) is 0.283. The molecule has 0 bridgehead atoms. The normalized spacial score (nSPS) is 12.0. The van der Waals surface area contributed by atoms with Crippen molar-refractivity contribution in [2.24, 2.45) is 5.73 Å². The lowest BCUT2D eigenvalue weighted by atomic mass is 11.5. The molecule has 0 heterocycles. The van der Waals surface area contributed by atoms with Gasteiger partial charge < -0.3 is 5.73 Å². The molecule has 0 aromatic carbocycles. The zero-order valence-electron chi connectivity index (χ0n) is 3.33. The lowest BCUT2D eigenvalue weighted by Gasteiger charge is -1.99. The molecule has 0 rings (SSSR count). The van der Waals surface area contributed by atoms with Crippen LogP contribution in [0.3, 0.4) is 0 Å². The van der Waals surface area contributed by atoms with E-state index in [9.17, 15) is 13.2 Å². The molecule has 2 N–H and O–H groups in total. The van der Waals surface area contributed by atoms with Gasteiger partial charge in [0.15, 0.2) is 0 Å². The first-order valence-electron chi connectivity index (χ1n) is 1.47. The molecule has 0 unspecified atom stereocenters. The van der Waals surface area contributed by atoms with Crippen molar-refractivity contribution >= 4 is 11.8 Å². The van der Waals surface area contributed by atoms with Crippen LogP contribution in [0, 0.1) is 0 Å². The minimum atomic E-state index is -4.16. The highest BCUT2D eigenvalue weighted by atomic mass is 32.2. The van der Waals surface area contributed by atoms with E-state index in [2.05, 4.69) is 5.73 Å². The number of halogens is 3. The quantitative estimate of drug-likeness (QED) is 0.540. The summed E-state index contributed by atoms with van der Waals surface area (Å²) in [5, 5.41) is 0. The Bertz CT molecular complexity index is 51.4. The van der Waals surface area contributed by atoms with Gasteiger partial charge in [-0.3, -0.25) is 0 Å². The highest BCUT2D eigenvalue weighted by Crippen LogP contribution is 2.28. The maximum absolute atomic E-state index is 10.9. The van der Waals surface area contributed by atoms with E-state index >= 15 is 0 Å². The molecule has 0 spiro atoms. The Balaban J connectivity index is 3.15. The molecular weight excluding hydrogens is 127 g/mol. The van der Waals surface area contributed by atoms with Gasteiger partial charge in [0, 0.05) is 5.88 Å². The van der Waals surface area contributed by atoms with Crippen LogP contribution in [0.25, 0.3) is 0 Å². The molecule has 0 aromatic rings. The van der Waals surface area contributed by atoms with Crippen molar-refractivity contribution in [1.82, 2.24) is 0 Å². The fraction of sp³-hybridized carbons (Fsp3) is 1.00. The molecular formula is C2H4F3NS.